The summed E-state index contributed by atoms with van der Waals surface area (Å²) in [7, 11) is 0. The number of pyridine rings is 1. The average molecular weight is 464 g/mol. The first-order valence-corrected chi connectivity index (χ1v) is 11.6. The van der Waals surface area contributed by atoms with Crippen molar-refractivity contribution >= 4 is 33.6 Å². The first-order valence-electron chi connectivity index (χ1n) is 11.6. The van der Waals surface area contributed by atoms with Crippen molar-refractivity contribution in [1.82, 2.24) is 15.0 Å². The predicted octanol–water partition coefficient (Wildman–Crippen LogP) is 5.84. The lowest BCUT2D eigenvalue weighted by Gasteiger charge is -2.10. The van der Waals surface area contributed by atoms with Crippen molar-refractivity contribution in [1.29, 1.82) is 0 Å². The van der Waals surface area contributed by atoms with Gasteiger partial charge in [-0.25, -0.2) is 4.98 Å². The fourth-order valence-corrected chi connectivity index (χ4v) is 4.70. The number of carbonyl (C=O) groups is 2. The largest absolute Gasteiger partial charge is 0.481 e. The van der Waals surface area contributed by atoms with E-state index in [-0.39, 0.29) is 18.6 Å². The number of ketones is 1. The Labute approximate surface area is 202 Å². The topological polar surface area (TPSA) is 95.9 Å². The molecule has 5 aromatic rings. The van der Waals surface area contributed by atoms with E-state index in [2.05, 4.69) is 9.97 Å². The lowest BCUT2D eigenvalue weighted by molar-refractivity contribution is -0.136. The number of fused-ring (bicyclic) bond motifs is 2. The van der Waals surface area contributed by atoms with Crippen LogP contribution >= 0.6 is 0 Å². The number of aryl methyl sites for hydroxylation is 3. The maximum Gasteiger partial charge on any atom is 0.303 e. The van der Waals surface area contributed by atoms with E-state index in [9.17, 15) is 9.59 Å². The molecule has 0 atom stereocenters. The van der Waals surface area contributed by atoms with Gasteiger partial charge in [-0.3, -0.25) is 14.6 Å². The number of carboxylic acid groups (broad SMARTS) is 1. The van der Waals surface area contributed by atoms with Crippen LogP contribution in [0.4, 0.5) is 0 Å². The molecule has 2 aromatic heterocycles. The van der Waals surface area contributed by atoms with Gasteiger partial charge < -0.3 is 10.1 Å². The summed E-state index contributed by atoms with van der Waals surface area (Å²) in [6.45, 7) is 4.01. The molecule has 0 spiro atoms. The molecular weight excluding hydrogens is 438 g/mol. The van der Waals surface area contributed by atoms with Crippen LogP contribution in [0, 0.1) is 13.8 Å². The quantitative estimate of drug-likeness (QED) is 0.296. The SMILES string of the molecule is Cc1cc(CCC(=O)O)cc(C)c1-c1nc2ccc(C(=O)Cc3nccc4ccccc34)cc2[nH]1. The van der Waals surface area contributed by atoms with Crippen LogP contribution in [0.1, 0.15) is 39.2 Å². The maximum absolute atomic E-state index is 13.1. The van der Waals surface area contributed by atoms with Gasteiger partial charge >= 0.3 is 5.97 Å². The number of rotatable bonds is 7. The van der Waals surface area contributed by atoms with E-state index >= 15 is 0 Å². The van der Waals surface area contributed by atoms with Crippen molar-refractivity contribution < 1.29 is 14.7 Å². The maximum atomic E-state index is 13.1. The highest BCUT2D eigenvalue weighted by Crippen LogP contribution is 2.29. The number of hydrogen-bond donors (Lipinski definition) is 2. The number of imidazole rings is 1. The lowest BCUT2D eigenvalue weighted by atomic mass is 9.97. The molecule has 2 heterocycles. The second-order valence-electron chi connectivity index (χ2n) is 8.89. The summed E-state index contributed by atoms with van der Waals surface area (Å²) in [5, 5.41) is 11.0. The highest BCUT2D eigenvalue weighted by atomic mass is 16.4. The number of carbonyl (C=O) groups excluding carboxylic acids is 1. The third kappa shape index (κ3) is 4.55. The molecule has 0 amide bonds. The molecule has 0 aliphatic rings. The Kier molecular flexibility index (Phi) is 5.87. The molecule has 0 saturated carbocycles. The van der Waals surface area contributed by atoms with E-state index in [4.69, 9.17) is 10.1 Å². The molecule has 0 bridgehead atoms. The number of aromatic amines is 1. The minimum Gasteiger partial charge on any atom is -0.481 e. The van der Waals surface area contributed by atoms with Gasteiger partial charge in [0, 0.05) is 29.1 Å². The number of carboxylic acids is 1. The monoisotopic (exact) mass is 463 g/mol. The molecule has 0 radical (unpaired) electrons. The molecule has 5 rings (SSSR count). The molecule has 6 nitrogen and oxygen atoms in total. The zero-order valence-corrected chi connectivity index (χ0v) is 19.6. The second-order valence-corrected chi connectivity index (χ2v) is 8.89. The van der Waals surface area contributed by atoms with Crippen molar-refractivity contribution in [2.24, 2.45) is 0 Å². The smallest absolute Gasteiger partial charge is 0.303 e. The Bertz CT molecular complexity index is 1570. The number of hydrogen-bond acceptors (Lipinski definition) is 4. The fourth-order valence-electron chi connectivity index (χ4n) is 4.70. The van der Waals surface area contributed by atoms with Crippen molar-refractivity contribution in [3.63, 3.8) is 0 Å². The number of nitrogens with zero attached hydrogens (tertiary/aromatic N) is 2. The van der Waals surface area contributed by atoms with Gasteiger partial charge in [0.15, 0.2) is 5.78 Å². The number of H-pyrrole nitrogens is 1. The van der Waals surface area contributed by atoms with Gasteiger partial charge in [-0.2, -0.15) is 0 Å². The Morgan fingerprint density at radius 1 is 0.971 bits per heavy atom. The van der Waals surface area contributed by atoms with Gasteiger partial charge in [-0.15, -0.1) is 0 Å². The van der Waals surface area contributed by atoms with Crippen LogP contribution in [0.2, 0.25) is 0 Å². The molecular formula is C29H25N3O3. The molecule has 6 heteroatoms. The highest BCUT2D eigenvalue weighted by Gasteiger charge is 2.15. The standard InChI is InChI=1S/C29H25N3O3/c1-17-13-19(7-10-27(34)35)14-18(2)28(17)29-31-23-9-8-21(15-25(23)32-29)26(33)16-24-22-6-4-3-5-20(22)11-12-30-24/h3-6,8-9,11-15H,7,10,16H2,1-2H3,(H,31,32)(H,34,35). The summed E-state index contributed by atoms with van der Waals surface area (Å²) < 4.78 is 0. The molecule has 35 heavy (non-hydrogen) atoms. The minimum absolute atomic E-state index is 0.00190. The van der Waals surface area contributed by atoms with Crippen molar-refractivity contribution in [3.8, 4) is 11.4 Å². The lowest BCUT2D eigenvalue weighted by Crippen LogP contribution is -2.05. The van der Waals surface area contributed by atoms with Crippen molar-refractivity contribution in [3.05, 3.63) is 94.8 Å². The Morgan fingerprint density at radius 3 is 2.51 bits per heavy atom. The van der Waals surface area contributed by atoms with E-state index in [0.717, 1.165) is 55.6 Å². The zero-order valence-electron chi connectivity index (χ0n) is 19.6. The van der Waals surface area contributed by atoms with E-state index in [1.54, 1.807) is 6.20 Å². The Balaban J connectivity index is 1.43. The Morgan fingerprint density at radius 2 is 1.74 bits per heavy atom. The molecule has 0 fully saturated rings. The van der Waals surface area contributed by atoms with Crippen LogP contribution in [0.5, 0.6) is 0 Å². The molecule has 0 unspecified atom stereocenters. The van der Waals surface area contributed by atoms with Crippen LogP contribution in [-0.4, -0.2) is 31.8 Å². The van der Waals surface area contributed by atoms with Crippen LogP contribution in [0.15, 0.2) is 66.9 Å². The first-order chi connectivity index (χ1) is 16.9. The van der Waals surface area contributed by atoms with Crippen LogP contribution in [-0.2, 0) is 17.6 Å². The molecule has 0 aliphatic carbocycles. The van der Waals surface area contributed by atoms with Crippen molar-refractivity contribution in [2.75, 3.05) is 0 Å². The van der Waals surface area contributed by atoms with Crippen LogP contribution < -0.4 is 0 Å². The molecule has 0 aliphatic heterocycles. The highest BCUT2D eigenvalue weighted by molar-refractivity contribution is 6.02. The average Bonchev–Trinajstić information content (AvgIpc) is 3.25. The normalized spacial score (nSPS) is 11.3. The Hall–Kier alpha value is -4.32. The summed E-state index contributed by atoms with van der Waals surface area (Å²) in [5.74, 6) is -0.0644. The number of nitrogens with one attached hydrogen (secondary N) is 1. The first kappa shape index (κ1) is 22.5. The number of Topliss-reactive ketones (excluding diaryl/α,β-unsaturated/α-hetero) is 1. The van der Waals surface area contributed by atoms with E-state index in [1.807, 2.05) is 74.5 Å². The van der Waals surface area contributed by atoms with Crippen LogP contribution in [0.25, 0.3) is 33.2 Å². The summed E-state index contributed by atoms with van der Waals surface area (Å²) in [5.41, 5.74) is 7.02. The van der Waals surface area contributed by atoms with Gasteiger partial charge in [-0.1, -0.05) is 36.4 Å². The summed E-state index contributed by atoms with van der Waals surface area (Å²) in [4.78, 5) is 36.6. The molecule has 0 saturated heterocycles. The van der Waals surface area contributed by atoms with E-state index < -0.39 is 5.97 Å². The summed E-state index contributed by atoms with van der Waals surface area (Å²) in [6.07, 6.45) is 2.57. The van der Waals surface area contributed by atoms with Crippen LogP contribution in [0.3, 0.4) is 0 Å². The van der Waals surface area contributed by atoms with Gasteiger partial charge in [0.25, 0.3) is 0 Å². The number of benzene rings is 3. The van der Waals surface area contributed by atoms with Gasteiger partial charge in [0.1, 0.15) is 5.82 Å². The van der Waals surface area contributed by atoms with Gasteiger partial charge in [-0.05, 0) is 66.6 Å². The van der Waals surface area contributed by atoms with E-state index in [0.29, 0.717) is 12.0 Å². The van der Waals surface area contributed by atoms with Crippen molar-refractivity contribution in [2.45, 2.75) is 33.1 Å². The third-order valence-electron chi connectivity index (χ3n) is 6.34. The van der Waals surface area contributed by atoms with Gasteiger partial charge in [0.2, 0.25) is 0 Å². The zero-order chi connectivity index (χ0) is 24.5. The number of aliphatic carboxylic acids is 1. The number of aromatic nitrogens is 3. The molecule has 2 N–H and O–H groups in total. The minimum atomic E-state index is -0.803. The summed E-state index contributed by atoms with van der Waals surface area (Å²) in [6, 6.07) is 19.5. The predicted molar refractivity (Wildman–Crippen MR) is 137 cm³/mol. The molecule has 174 valence electrons. The van der Waals surface area contributed by atoms with E-state index in [1.165, 1.54) is 0 Å². The summed E-state index contributed by atoms with van der Waals surface area (Å²) >= 11 is 0. The second kappa shape index (κ2) is 9.14. The fraction of sp³-hybridized carbons (Fsp3) is 0.172. The third-order valence-corrected chi connectivity index (χ3v) is 6.34. The van der Waals surface area contributed by atoms with Gasteiger partial charge in [0.05, 0.1) is 23.1 Å². The molecule has 3 aromatic carbocycles.